The number of hydrogen-bond acceptors (Lipinski definition) is 7. The molecule has 3 rings (SSSR count). The molecule has 1 aliphatic rings. The van der Waals surface area contributed by atoms with Gasteiger partial charge in [0.15, 0.2) is 5.41 Å². The van der Waals surface area contributed by atoms with Gasteiger partial charge in [-0.05, 0) is 31.9 Å². The van der Waals surface area contributed by atoms with Gasteiger partial charge in [-0.15, -0.1) is 0 Å². The summed E-state index contributed by atoms with van der Waals surface area (Å²) >= 11 is 0. The maximum Gasteiger partial charge on any atom is 0.326 e. The van der Waals surface area contributed by atoms with Gasteiger partial charge in [0, 0.05) is 5.92 Å². The quantitative estimate of drug-likeness (QED) is 0.403. The van der Waals surface area contributed by atoms with Gasteiger partial charge in [0.05, 0.1) is 26.4 Å². The highest BCUT2D eigenvalue weighted by molar-refractivity contribution is 6.04. The van der Waals surface area contributed by atoms with Crippen molar-refractivity contribution < 1.29 is 28.6 Å². The fraction of sp³-hybridized carbons (Fsp3) is 0.400. The molecule has 0 bridgehead atoms. The SMILES string of the molecule is CCOC(=O)C1(C(=O)OCC)[C@H](c2ccc(C)cc2)[C@@H](C(=O)OC)N[C@H]1c1ccccc1. The fourth-order valence-electron chi connectivity index (χ4n) is 4.49. The normalized spacial score (nSPS) is 21.6. The average Bonchev–Trinajstić information content (AvgIpc) is 3.17. The highest BCUT2D eigenvalue weighted by Gasteiger charge is 2.69. The summed E-state index contributed by atoms with van der Waals surface area (Å²) in [6, 6.07) is 14.6. The molecule has 0 aromatic heterocycles. The van der Waals surface area contributed by atoms with Crippen molar-refractivity contribution in [3.05, 3.63) is 71.3 Å². The van der Waals surface area contributed by atoms with Crippen LogP contribution in [0.3, 0.4) is 0 Å². The first kappa shape index (κ1) is 23.5. The van der Waals surface area contributed by atoms with Crippen LogP contribution in [-0.4, -0.2) is 44.3 Å². The number of hydrogen-bond donors (Lipinski definition) is 1. The van der Waals surface area contributed by atoms with Crippen LogP contribution in [0, 0.1) is 12.3 Å². The first-order valence-electron chi connectivity index (χ1n) is 10.7. The molecule has 7 heteroatoms. The zero-order valence-electron chi connectivity index (χ0n) is 18.8. The Hall–Kier alpha value is -3.19. The van der Waals surface area contributed by atoms with Gasteiger partial charge in [0.1, 0.15) is 6.04 Å². The molecule has 3 atom stereocenters. The number of methoxy groups -OCH3 is 1. The van der Waals surface area contributed by atoms with Crippen LogP contribution in [0.15, 0.2) is 54.6 Å². The number of benzene rings is 2. The third-order valence-electron chi connectivity index (χ3n) is 5.88. The Morgan fingerprint density at radius 2 is 1.44 bits per heavy atom. The van der Waals surface area contributed by atoms with Crippen molar-refractivity contribution >= 4 is 17.9 Å². The minimum atomic E-state index is -1.83. The van der Waals surface area contributed by atoms with Gasteiger partial charge >= 0.3 is 17.9 Å². The standard InChI is InChI=1S/C25H29NO6/c1-5-31-23(28)25(24(29)32-6-2)19(17-14-12-16(3)13-15-17)20(22(27)30-4)26-21(25)18-10-8-7-9-11-18/h7-15,19-21,26H,5-6H2,1-4H3/t19-,20+,21+/m1/s1. The van der Waals surface area contributed by atoms with Crippen molar-refractivity contribution in [3.8, 4) is 0 Å². The Bertz CT molecular complexity index is 938. The first-order valence-corrected chi connectivity index (χ1v) is 10.7. The van der Waals surface area contributed by atoms with Crippen LogP contribution in [0.2, 0.25) is 0 Å². The lowest BCUT2D eigenvalue weighted by Gasteiger charge is -2.35. The van der Waals surface area contributed by atoms with Crippen molar-refractivity contribution in [3.63, 3.8) is 0 Å². The lowest BCUT2D eigenvalue weighted by atomic mass is 9.66. The zero-order valence-corrected chi connectivity index (χ0v) is 18.8. The molecule has 1 N–H and O–H groups in total. The second-order valence-electron chi connectivity index (χ2n) is 7.71. The van der Waals surface area contributed by atoms with Crippen molar-refractivity contribution in [2.24, 2.45) is 5.41 Å². The molecule has 1 aliphatic heterocycles. The van der Waals surface area contributed by atoms with Gasteiger partial charge < -0.3 is 14.2 Å². The maximum atomic E-state index is 13.7. The molecule has 0 aliphatic carbocycles. The predicted octanol–water partition coefficient (Wildman–Crippen LogP) is 3.08. The van der Waals surface area contributed by atoms with E-state index in [-0.39, 0.29) is 13.2 Å². The molecule has 1 heterocycles. The predicted molar refractivity (Wildman–Crippen MR) is 118 cm³/mol. The van der Waals surface area contributed by atoms with Gasteiger partial charge in [-0.3, -0.25) is 19.7 Å². The van der Waals surface area contributed by atoms with Crippen molar-refractivity contribution in [1.29, 1.82) is 0 Å². The molecular weight excluding hydrogens is 410 g/mol. The number of esters is 3. The summed E-state index contributed by atoms with van der Waals surface area (Å²) in [6.45, 7) is 5.44. The van der Waals surface area contributed by atoms with Gasteiger partial charge in [0.25, 0.3) is 0 Å². The molecule has 2 aromatic carbocycles. The van der Waals surface area contributed by atoms with Crippen molar-refractivity contribution in [1.82, 2.24) is 5.32 Å². The minimum absolute atomic E-state index is 0.0744. The average molecular weight is 440 g/mol. The Labute approximate surface area is 188 Å². The summed E-state index contributed by atoms with van der Waals surface area (Å²) in [5, 5.41) is 3.21. The second kappa shape index (κ2) is 9.96. The highest BCUT2D eigenvalue weighted by Crippen LogP contribution is 2.55. The molecule has 0 spiro atoms. The lowest BCUT2D eigenvalue weighted by Crippen LogP contribution is -2.49. The Balaban J connectivity index is 2.34. The van der Waals surface area contributed by atoms with E-state index < -0.39 is 41.3 Å². The van der Waals surface area contributed by atoms with Crippen LogP contribution in [0.4, 0.5) is 0 Å². The van der Waals surface area contributed by atoms with E-state index >= 15 is 0 Å². The van der Waals surface area contributed by atoms with E-state index in [0.29, 0.717) is 11.1 Å². The fourth-order valence-corrected chi connectivity index (χ4v) is 4.49. The van der Waals surface area contributed by atoms with E-state index in [0.717, 1.165) is 5.56 Å². The minimum Gasteiger partial charge on any atom is -0.468 e. The third kappa shape index (κ3) is 4.00. The first-order chi connectivity index (χ1) is 15.4. The van der Waals surface area contributed by atoms with Crippen LogP contribution >= 0.6 is 0 Å². The van der Waals surface area contributed by atoms with Crippen molar-refractivity contribution in [2.75, 3.05) is 20.3 Å². The van der Waals surface area contributed by atoms with Crippen molar-refractivity contribution in [2.45, 2.75) is 38.8 Å². The molecule has 0 saturated carbocycles. The van der Waals surface area contributed by atoms with E-state index in [9.17, 15) is 14.4 Å². The monoisotopic (exact) mass is 439 g/mol. The van der Waals surface area contributed by atoms with Crippen LogP contribution < -0.4 is 5.32 Å². The number of aryl methyl sites for hydroxylation is 1. The molecule has 0 unspecified atom stereocenters. The van der Waals surface area contributed by atoms with Crippen LogP contribution in [-0.2, 0) is 28.6 Å². The Morgan fingerprint density at radius 1 is 0.875 bits per heavy atom. The van der Waals surface area contributed by atoms with E-state index in [4.69, 9.17) is 14.2 Å². The summed E-state index contributed by atoms with van der Waals surface area (Å²) in [5.74, 6) is -2.96. The number of carbonyl (C=O) groups is 3. The van der Waals surface area contributed by atoms with E-state index in [1.807, 2.05) is 49.4 Å². The third-order valence-corrected chi connectivity index (χ3v) is 5.88. The number of carbonyl (C=O) groups excluding carboxylic acids is 3. The Kier molecular flexibility index (Phi) is 7.30. The number of rotatable bonds is 7. The summed E-state index contributed by atoms with van der Waals surface area (Å²) in [6.07, 6.45) is 0. The van der Waals surface area contributed by atoms with Crippen LogP contribution in [0.5, 0.6) is 0 Å². The molecule has 0 amide bonds. The highest BCUT2D eigenvalue weighted by atomic mass is 16.6. The summed E-state index contributed by atoms with van der Waals surface area (Å²) in [4.78, 5) is 40.2. The van der Waals surface area contributed by atoms with Gasteiger partial charge in [0.2, 0.25) is 0 Å². The maximum absolute atomic E-state index is 13.7. The second-order valence-corrected chi connectivity index (χ2v) is 7.71. The molecular formula is C25H29NO6. The molecule has 7 nitrogen and oxygen atoms in total. The molecule has 2 aromatic rings. The molecule has 1 fully saturated rings. The summed E-state index contributed by atoms with van der Waals surface area (Å²) in [5.41, 5.74) is 0.476. The smallest absolute Gasteiger partial charge is 0.326 e. The van der Waals surface area contributed by atoms with E-state index in [1.165, 1.54) is 7.11 Å². The molecule has 170 valence electrons. The number of ether oxygens (including phenoxy) is 3. The Morgan fingerprint density at radius 3 is 1.94 bits per heavy atom. The largest absolute Gasteiger partial charge is 0.468 e. The van der Waals surface area contributed by atoms with Gasteiger partial charge in [-0.25, -0.2) is 0 Å². The molecule has 0 radical (unpaired) electrons. The van der Waals surface area contributed by atoms with Gasteiger partial charge in [-0.2, -0.15) is 0 Å². The van der Waals surface area contributed by atoms with Gasteiger partial charge in [-0.1, -0.05) is 60.2 Å². The number of nitrogens with one attached hydrogen (secondary N) is 1. The summed E-state index contributed by atoms with van der Waals surface area (Å²) in [7, 11) is 1.28. The van der Waals surface area contributed by atoms with Crippen LogP contribution in [0.25, 0.3) is 0 Å². The van der Waals surface area contributed by atoms with E-state index in [1.54, 1.807) is 26.0 Å². The van der Waals surface area contributed by atoms with E-state index in [2.05, 4.69) is 5.32 Å². The van der Waals surface area contributed by atoms with Crippen LogP contribution in [0.1, 0.15) is 42.5 Å². The topological polar surface area (TPSA) is 90.9 Å². The molecule has 1 saturated heterocycles. The zero-order chi connectivity index (χ0) is 23.3. The molecule has 32 heavy (non-hydrogen) atoms. The summed E-state index contributed by atoms with van der Waals surface area (Å²) < 4.78 is 16.0. The lowest BCUT2D eigenvalue weighted by molar-refractivity contribution is -0.174.